The van der Waals surface area contributed by atoms with Crippen molar-refractivity contribution in [3.8, 4) is 11.3 Å². The van der Waals surface area contributed by atoms with Gasteiger partial charge >= 0.3 is 11.7 Å². The van der Waals surface area contributed by atoms with Gasteiger partial charge in [0.25, 0.3) is 0 Å². The first-order valence-corrected chi connectivity index (χ1v) is 6.85. The number of nitrogens with one attached hydrogen (secondary N) is 1. The molecule has 1 heterocycles. The molecule has 0 bridgehead atoms. The molecule has 0 aliphatic carbocycles. The molecule has 0 fully saturated rings. The number of hydrogen-bond acceptors (Lipinski definition) is 3. The SMILES string of the molecule is O=C(NCc1ccccc1)n1oc(=O)cc1-c1ccccc1. The van der Waals surface area contributed by atoms with E-state index in [-0.39, 0.29) is 0 Å². The summed E-state index contributed by atoms with van der Waals surface area (Å²) < 4.78 is 5.96. The molecule has 0 saturated heterocycles. The summed E-state index contributed by atoms with van der Waals surface area (Å²) in [5.74, 6) is 0. The van der Waals surface area contributed by atoms with Crippen LogP contribution >= 0.6 is 0 Å². The molecular weight excluding hydrogens is 280 g/mol. The average molecular weight is 294 g/mol. The van der Waals surface area contributed by atoms with Crippen LogP contribution in [0.2, 0.25) is 0 Å². The Balaban J connectivity index is 1.83. The van der Waals surface area contributed by atoms with E-state index >= 15 is 0 Å². The molecule has 110 valence electrons. The summed E-state index contributed by atoms with van der Waals surface area (Å²) in [4.78, 5) is 23.7. The smallest absolute Gasteiger partial charge is 0.331 e. The molecule has 0 atom stereocenters. The topological polar surface area (TPSA) is 64.2 Å². The van der Waals surface area contributed by atoms with Crippen LogP contribution in [0.25, 0.3) is 11.3 Å². The van der Waals surface area contributed by atoms with Gasteiger partial charge in [-0.05, 0) is 5.56 Å². The standard InChI is InChI=1S/C17H14N2O3/c20-16-11-15(14-9-5-2-6-10-14)19(22-16)17(21)18-12-13-7-3-1-4-8-13/h1-11H,12H2,(H,18,21). The van der Waals surface area contributed by atoms with Crippen LogP contribution in [0.5, 0.6) is 0 Å². The second kappa shape index (κ2) is 6.13. The highest BCUT2D eigenvalue weighted by Crippen LogP contribution is 2.17. The van der Waals surface area contributed by atoms with Gasteiger partial charge in [-0.15, -0.1) is 4.74 Å². The minimum Gasteiger partial charge on any atom is -0.331 e. The number of nitrogens with zero attached hydrogens (tertiary/aromatic N) is 1. The van der Waals surface area contributed by atoms with E-state index in [2.05, 4.69) is 5.32 Å². The third kappa shape index (κ3) is 2.98. The Morgan fingerprint density at radius 2 is 1.64 bits per heavy atom. The molecule has 22 heavy (non-hydrogen) atoms. The number of amides is 1. The van der Waals surface area contributed by atoms with E-state index in [0.717, 1.165) is 15.9 Å². The summed E-state index contributed by atoms with van der Waals surface area (Å²) in [5.41, 5.74) is 1.57. The van der Waals surface area contributed by atoms with Gasteiger partial charge in [-0.1, -0.05) is 60.7 Å². The Kier molecular flexibility index (Phi) is 3.87. The van der Waals surface area contributed by atoms with Crippen LogP contribution in [0.4, 0.5) is 4.79 Å². The average Bonchev–Trinajstić information content (AvgIpc) is 2.96. The first-order valence-electron chi connectivity index (χ1n) is 6.85. The van der Waals surface area contributed by atoms with Gasteiger partial charge in [0.2, 0.25) is 0 Å². The molecule has 1 aromatic heterocycles. The van der Waals surface area contributed by atoms with Crippen LogP contribution in [0.1, 0.15) is 5.56 Å². The van der Waals surface area contributed by atoms with E-state index in [0.29, 0.717) is 12.2 Å². The van der Waals surface area contributed by atoms with Crippen LogP contribution in [0.15, 0.2) is 76.0 Å². The summed E-state index contributed by atoms with van der Waals surface area (Å²) in [6.07, 6.45) is 0. The largest absolute Gasteiger partial charge is 0.358 e. The summed E-state index contributed by atoms with van der Waals surface area (Å²) in [6, 6.07) is 19.5. The van der Waals surface area contributed by atoms with Crippen molar-refractivity contribution in [3.63, 3.8) is 0 Å². The van der Waals surface area contributed by atoms with E-state index in [9.17, 15) is 9.59 Å². The molecule has 0 aliphatic heterocycles. The molecule has 2 aromatic carbocycles. The highest BCUT2D eigenvalue weighted by atomic mass is 16.5. The second-order valence-electron chi connectivity index (χ2n) is 4.74. The summed E-state index contributed by atoms with van der Waals surface area (Å²) in [5, 5.41) is 2.73. The number of hydrogen-bond donors (Lipinski definition) is 1. The van der Waals surface area contributed by atoms with E-state index in [1.54, 1.807) is 0 Å². The van der Waals surface area contributed by atoms with Crippen molar-refractivity contribution in [2.75, 3.05) is 0 Å². The van der Waals surface area contributed by atoms with Gasteiger partial charge in [-0.25, -0.2) is 9.59 Å². The molecule has 0 radical (unpaired) electrons. The first-order chi connectivity index (χ1) is 10.7. The molecule has 1 amide bonds. The fourth-order valence-corrected chi connectivity index (χ4v) is 2.14. The Bertz CT molecular complexity index is 820. The highest BCUT2D eigenvalue weighted by molar-refractivity contribution is 5.80. The van der Waals surface area contributed by atoms with E-state index in [4.69, 9.17) is 4.52 Å². The highest BCUT2D eigenvalue weighted by Gasteiger charge is 2.15. The first kappa shape index (κ1) is 13.9. The maximum Gasteiger partial charge on any atom is 0.358 e. The Labute approximate surface area is 126 Å². The predicted octanol–water partition coefficient (Wildman–Crippen LogP) is 2.87. The van der Waals surface area contributed by atoms with Crippen molar-refractivity contribution >= 4 is 6.03 Å². The molecular formula is C17H14N2O3. The molecule has 5 nitrogen and oxygen atoms in total. The quantitative estimate of drug-likeness (QED) is 0.808. The van der Waals surface area contributed by atoms with Gasteiger partial charge in [-0.3, -0.25) is 0 Å². The number of carbonyl (C=O) groups excluding carboxylic acids is 1. The maximum atomic E-state index is 12.2. The maximum absolute atomic E-state index is 12.2. The molecule has 5 heteroatoms. The van der Waals surface area contributed by atoms with Crippen LogP contribution in [-0.4, -0.2) is 10.8 Å². The van der Waals surface area contributed by atoms with E-state index < -0.39 is 11.7 Å². The lowest BCUT2D eigenvalue weighted by Crippen LogP contribution is -2.28. The Hall–Kier alpha value is -3.08. The van der Waals surface area contributed by atoms with E-state index in [1.807, 2.05) is 60.7 Å². The van der Waals surface area contributed by atoms with Crippen LogP contribution in [0, 0.1) is 0 Å². The van der Waals surface area contributed by atoms with Gasteiger partial charge in [0, 0.05) is 12.1 Å². The van der Waals surface area contributed by atoms with Gasteiger partial charge in [-0.2, -0.15) is 0 Å². The molecule has 3 rings (SSSR count). The number of rotatable bonds is 3. The number of benzene rings is 2. The summed E-state index contributed by atoms with van der Waals surface area (Å²) >= 11 is 0. The predicted molar refractivity (Wildman–Crippen MR) is 82.5 cm³/mol. The van der Waals surface area contributed by atoms with Crippen molar-refractivity contribution in [2.45, 2.75) is 6.54 Å². The van der Waals surface area contributed by atoms with Gasteiger partial charge in [0.15, 0.2) is 0 Å². The zero-order chi connectivity index (χ0) is 15.4. The van der Waals surface area contributed by atoms with Crippen LogP contribution in [-0.2, 0) is 6.54 Å². The summed E-state index contributed by atoms with van der Waals surface area (Å²) in [7, 11) is 0. The molecule has 3 aromatic rings. The fraction of sp³-hybridized carbons (Fsp3) is 0.0588. The van der Waals surface area contributed by atoms with Crippen molar-refractivity contribution < 1.29 is 9.32 Å². The minimum absolute atomic E-state index is 0.357. The molecule has 0 aliphatic rings. The normalized spacial score (nSPS) is 10.4. The monoisotopic (exact) mass is 294 g/mol. The van der Waals surface area contributed by atoms with Gasteiger partial charge in [0.05, 0.1) is 6.07 Å². The number of carbonyl (C=O) groups is 1. The molecule has 1 N–H and O–H groups in total. The van der Waals surface area contributed by atoms with Crippen molar-refractivity contribution in [2.24, 2.45) is 0 Å². The lowest BCUT2D eigenvalue weighted by Gasteiger charge is -2.07. The van der Waals surface area contributed by atoms with Crippen molar-refractivity contribution in [3.05, 3.63) is 82.7 Å². The zero-order valence-electron chi connectivity index (χ0n) is 11.7. The number of aromatic nitrogens is 1. The molecule has 0 spiro atoms. The third-order valence-electron chi connectivity index (χ3n) is 3.20. The van der Waals surface area contributed by atoms with Crippen LogP contribution < -0.4 is 10.9 Å². The lowest BCUT2D eigenvalue weighted by molar-refractivity contribution is 0.208. The van der Waals surface area contributed by atoms with Crippen molar-refractivity contribution in [1.82, 2.24) is 10.1 Å². The van der Waals surface area contributed by atoms with Gasteiger partial charge in [0.1, 0.15) is 5.69 Å². The third-order valence-corrected chi connectivity index (χ3v) is 3.20. The zero-order valence-corrected chi connectivity index (χ0v) is 11.7. The fourth-order valence-electron chi connectivity index (χ4n) is 2.14. The van der Waals surface area contributed by atoms with Gasteiger partial charge < -0.3 is 9.84 Å². The molecule has 0 unspecified atom stereocenters. The second-order valence-corrected chi connectivity index (χ2v) is 4.74. The van der Waals surface area contributed by atoms with Crippen LogP contribution in [0.3, 0.4) is 0 Å². The molecule has 0 saturated carbocycles. The minimum atomic E-state index is -0.561. The Morgan fingerprint density at radius 3 is 2.32 bits per heavy atom. The lowest BCUT2D eigenvalue weighted by atomic mass is 10.1. The summed E-state index contributed by atoms with van der Waals surface area (Å²) in [6.45, 7) is 0.357. The van der Waals surface area contributed by atoms with Crippen molar-refractivity contribution in [1.29, 1.82) is 0 Å². The van der Waals surface area contributed by atoms with E-state index in [1.165, 1.54) is 6.07 Å². The Morgan fingerprint density at radius 1 is 1.00 bits per heavy atom.